The van der Waals surface area contributed by atoms with Crippen molar-refractivity contribution in [3.63, 3.8) is 0 Å². The van der Waals surface area contributed by atoms with E-state index in [0.29, 0.717) is 12.6 Å². The molecule has 0 aromatic rings. The minimum Gasteiger partial charge on any atom is -0.381 e. The highest BCUT2D eigenvalue weighted by molar-refractivity contribution is 5.78. The second-order valence-electron chi connectivity index (χ2n) is 4.48. The zero-order valence-electron chi connectivity index (χ0n) is 9.71. The molecule has 2 rings (SSSR count). The number of rotatable bonds is 3. The average molecular weight is 227 g/mol. The van der Waals surface area contributed by atoms with Crippen LogP contribution in [0.25, 0.3) is 0 Å². The van der Waals surface area contributed by atoms with Gasteiger partial charge in [0.05, 0.1) is 6.54 Å². The lowest BCUT2D eigenvalue weighted by Gasteiger charge is -2.28. The summed E-state index contributed by atoms with van der Waals surface area (Å²) >= 11 is 0. The van der Waals surface area contributed by atoms with Gasteiger partial charge in [0.1, 0.15) is 0 Å². The Morgan fingerprint density at radius 1 is 1.31 bits per heavy atom. The third-order valence-corrected chi connectivity index (χ3v) is 3.16. The Kier molecular flexibility index (Phi) is 4.56. The molecule has 2 aliphatic rings. The van der Waals surface area contributed by atoms with Crippen LogP contribution in [0.3, 0.4) is 0 Å². The molecule has 0 aromatic heterocycles. The highest BCUT2D eigenvalue weighted by atomic mass is 16.5. The summed E-state index contributed by atoms with van der Waals surface area (Å²) in [5, 5.41) is 6.36. The Hall–Kier alpha value is -0.650. The smallest absolute Gasteiger partial charge is 0.234 e. The summed E-state index contributed by atoms with van der Waals surface area (Å²) in [5.41, 5.74) is 0. The number of carbonyl (C=O) groups excluding carboxylic acids is 1. The molecule has 2 saturated heterocycles. The second kappa shape index (κ2) is 6.18. The van der Waals surface area contributed by atoms with Gasteiger partial charge in [0.2, 0.25) is 5.91 Å². The molecular formula is C11H21N3O2. The lowest BCUT2D eigenvalue weighted by molar-refractivity contribution is -0.123. The van der Waals surface area contributed by atoms with Crippen LogP contribution in [-0.2, 0) is 9.53 Å². The first-order chi connectivity index (χ1) is 7.84. The van der Waals surface area contributed by atoms with Gasteiger partial charge in [-0.05, 0) is 12.8 Å². The maximum atomic E-state index is 11.8. The van der Waals surface area contributed by atoms with E-state index < -0.39 is 0 Å². The van der Waals surface area contributed by atoms with Gasteiger partial charge in [0.25, 0.3) is 0 Å². The van der Waals surface area contributed by atoms with Gasteiger partial charge in [-0.2, -0.15) is 0 Å². The number of piperazine rings is 1. The van der Waals surface area contributed by atoms with E-state index in [1.54, 1.807) is 0 Å². The van der Waals surface area contributed by atoms with E-state index in [0.717, 1.165) is 52.2 Å². The predicted molar refractivity (Wildman–Crippen MR) is 61.3 cm³/mol. The van der Waals surface area contributed by atoms with Gasteiger partial charge < -0.3 is 15.4 Å². The van der Waals surface area contributed by atoms with Crippen molar-refractivity contribution in [1.82, 2.24) is 15.5 Å². The van der Waals surface area contributed by atoms with Crippen molar-refractivity contribution in [2.24, 2.45) is 0 Å². The van der Waals surface area contributed by atoms with Gasteiger partial charge in [-0.1, -0.05) is 0 Å². The van der Waals surface area contributed by atoms with Crippen LogP contribution in [0.15, 0.2) is 0 Å². The van der Waals surface area contributed by atoms with E-state index in [4.69, 9.17) is 4.74 Å². The monoisotopic (exact) mass is 227 g/mol. The largest absolute Gasteiger partial charge is 0.381 e. The summed E-state index contributed by atoms with van der Waals surface area (Å²) in [5.74, 6) is 0.161. The van der Waals surface area contributed by atoms with Crippen LogP contribution < -0.4 is 10.6 Å². The van der Waals surface area contributed by atoms with Crippen LogP contribution in [0, 0.1) is 0 Å². The molecule has 0 bridgehead atoms. The standard InChI is InChI=1S/C11H21N3O2/c15-11(9-14-5-3-12-4-6-14)13-10-1-7-16-8-2-10/h10,12H,1-9H2,(H,13,15). The van der Waals surface area contributed by atoms with Crippen LogP contribution in [-0.4, -0.2) is 62.8 Å². The molecule has 2 aliphatic heterocycles. The maximum Gasteiger partial charge on any atom is 0.234 e. The first kappa shape index (κ1) is 11.8. The summed E-state index contributed by atoms with van der Waals surface area (Å²) in [6.07, 6.45) is 1.90. The molecule has 16 heavy (non-hydrogen) atoms. The molecule has 0 aliphatic carbocycles. The number of hydrogen-bond acceptors (Lipinski definition) is 4. The van der Waals surface area contributed by atoms with Crippen molar-refractivity contribution in [2.45, 2.75) is 18.9 Å². The van der Waals surface area contributed by atoms with Crippen LogP contribution in [0.1, 0.15) is 12.8 Å². The van der Waals surface area contributed by atoms with Crippen LogP contribution in [0.4, 0.5) is 0 Å². The molecule has 0 spiro atoms. The Labute approximate surface area is 96.5 Å². The summed E-state index contributed by atoms with van der Waals surface area (Å²) < 4.78 is 5.26. The van der Waals surface area contributed by atoms with E-state index in [1.165, 1.54) is 0 Å². The maximum absolute atomic E-state index is 11.8. The molecule has 0 radical (unpaired) electrons. The fraction of sp³-hybridized carbons (Fsp3) is 0.909. The van der Waals surface area contributed by atoms with Crippen molar-refractivity contribution in [3.8, 4) is 0 Å². The lowest BCUT2D eigenvalue weighted by Crippen LogP contribution is -2.49. The molecule has 0 atom stereocenters. The molecule has 0 saturated carbocycles. The molecule has 2 heterocycles. The van der Waals surface area contributed by atoms with Gasteiger partial charge in [0, 0.05) is 45.4 Å². The van der Waals surface area contributed by atoms with E-state index in [2.05, 4.69) is 15.5 Å². The number of nitrogens with zero attached hydrogens (tertiary/aromatic N) is 1. The Morgan fingerprint density at radius 3 is 2.69 bits per heavy atom. The molecule has 1 amide bonds. The van der Waals surface area contributed by atoms with Gasteiger partial charge in [0.15, 0.2) is 0 Å². The number of ether oxygens (including phenoxy) is 1. The normalized spacial score (nSPS) is 24.2. The minimum atomic E-state index is 0.161. The summed E-state index contributed by atoms with van der Waals surface area (Å²) in [6, 6.07) is 0.323. The molecule has 2 N–H and O–H groups in total. The number of hydrogen-bond donors (Lipinski definition) is 2. The predicted octanol–water partition coefficient (Wildman–Crippen LogP) is -0.813. The minimum absolute atomic E-state index is 0.161. The number of nitrogens with one attached hydrogen (secondary N) is 2. The van der Waals surface area contributed by atoms with Crippen LogP contribution in [0.2, 0.25) is 0 Å². The molecule has 5 heteroatoms. The van der Waals surface area contributed by atoms with E-state index in [-0.39, 0.29) is 5.91 Å². The Morgan fingerprint density at radius 2 is 2.00 bits per heavy atom. The summed E-state index contributed by atoms with van der Waals surface area (Å²) in [7, 11) is 0. The van der Waals surface area contributed by atoms with Gasteiger partial charge in [-0.15, -0.1) is 0 Å². The molecular weight excluding hydrogens is 206 g/mol. The quantitative estimate of drug-likeness (QED) is 0.662. The molecule has 5 nitrogen and oxygen atoms in total. The average Bonchev–Trinajstić information content (AvgIpc) is 2.31. The summed E-state index contributed by atoms with van der Waals surface area (Å²) in [6.45, 7) is 6.02. The van der Waals surface area contributed by atoms with Crippen molar-refractivity contribution in [2.75, 3.05) is 45.9 Å². The highest BCUT2D eigenvalue weighted by Gasteiger charge is 2.18. The first-order valence-electron chi connectivity index (χ1n) is 6.15. The number of amides is 1. The van der Waals surface area contributed by atoms with Gasteiger partial charge >= 0.3 is 0 Å². The van der Waals surface area contributed by atoms with E-state index in [9.17, 15) is 4.79 Å². The molecule has 0 unspecified atom stereocenters. The van der Waals surface area contributed by atoms with Crippen LogP contribution >= 0.6 is 0 Å². The summed E-state index contributed by atoms with van der Waals surface area (Å²) in [4.78, 5) is 14.0. The number of carbonyl (C=O) groups is 1. The Bertz CT molecular complexity index is 201. The SMILES string of the molecule is O=C(CN1CCNCC1)NC1CCOCC1. The van der Waals surface area contributed by atoms with Crippen molar-refractivity contribution in [3.05, 3.63) is 0 Å². The molecule has 0 aromatic carbocycles. The first-order valence-corrected chi connectivity index (χ1v) is 6.15. The molecule has 92 valence electrons. The van der Waals surface area contributed by atoms with Crippen LogP contribution in [0.5, 0.6) is 0 Å². The van der Waals surface area contributed by atoms with Crippen molar-refractivity contribution in [1.29, 1.82) is 0 Å². The van der Waals surface area contributed by atoms with Crippen molar-refractivity contribution >= 4 is 5.91 Å². The zero-order valence-corrected chi connectivity index (χ0v) is 9.71. The highest BCUT2D eigenvalue weighted by Crippen LogP contribution is 2.06. The molecule has 2 fully saturated rings. The third kappa shape index (κ3) is 3.73. The fourth-order valence-corrected chi connectivity index (χ4v) is 2.19. The van der Waals surface area contributed by atoms with E-state index >= 15 is 0 Å². The Balaban J connectivity index is 1.66. The zero-order chi connectivity index (χ0) is 11.2. The van der Waals surface area contributed by atoms with E-state index in [1.807, 2.05) is 0 Å². The fourth-order valence-electron chi connectivity index (χ4n) is 2.19. The topological polar surface area (TPSA) is 53.6 Å². The van der Waals surface area contributed by atoms with Gasteiger partial charge in [-0.3, -0.25) is 9.69 Å². The second-order valence-corrected chi connectivity index (χ2v) is 4.48. The van der Waals surface area contributed by atoms with Crippen molar-refractivity contribution < 1.29 is 9.53 Å². The van der Waals surface area contributed by atoms with Gasteiger partial charge in [-0.25, -0.2) is 0 Å². The lowest BCUT2D eigenvalue weighted by atomic mass is 10.1. The third-order valence-electron chi connectivity index (χ3n) is 3.16.